The average molecular weight is 331 g/mol. The van der Waals surface area contributed by atoms with Crippen molar-refractivity contribution in [3.05, 3.63) is 58.9 Å². The van der Waals surface area contributed by atoms with Gasteiger partial charge in [-0.1, -0.05) is 6.08 Å². The Morgan fingerprint density at radius 1 is 1.24 bits per heavy atom. The molecule has 0 saturated carbocycles. The first-order valence-electron chi connectivity index (χ1n) is 8.10. The summed E-state index contributed by atoms with van der Waals surface area (Å²) >= 11 is 0. The lowest BCUT2D eigenvalue weighted by Gasteiger charge is -2.12. The number of benzene rings is 1. The molecule has 25 heavy (non-hydrogen) atoms. The van der Waals surface area contributed by atoms with Crippen LogP contribution in [0.5, 0.6) is 0 Å². The molecule has 0 N–H and O–H groups in total. The molecule has 0 aliphatic carbocycles. The first-order valence-corrected chi connectivity index (χ1v) is 8.10. The number of Topliss-reactive ketones (excluding diaryl/α,β-unsaturated/α-hetero) is 1. The van der Waals surface area contributed by atoms with Gasteiger partial charge in [-0.25, -0.2) is 0 Å². The Morgan fingerprint density at radius 2 is 1.88 bits per heavy atom. The van der Waals surface area contributed by atoms with E-state index in [9.17, 15) is 4.79 Å². The molecule has 4 heteroatoms. The van der Waals surface area contributed by atoms with E-state index >= 15 is 0 Å². The topological polar surface area (TPSA) is 69.6 Å². The lowest BCUT2D eigenvalue weighted by molar-refractivity contribution is 0.101. The molecular formula is C21H21N3O. The van der Waals surface area contributed by atoms with Crippen molar-refractivity contribution in [1.82, 2.24) is 4.57 Å². The minimum absolute atomic E-state index is 0.0110. The Bertz CT molecular complexity index is 900. The van der Waals surface area contributed by atoms with Gasteiger partial charge in [0.1, 0.15) is 0 Å². The molecule has 0 saturated heterocycles. The number of hydrogen-bond donors (Lipinski definition) is 0. The number of ketones is 1. The third-order valence-electron chi connectivity index (χ3n) is 4.13. The van der Waals surface area contributed by atoms with E-state index in [2.05, 4.69) is 12.1 Å². The smallest absolute Gasteiger partial charge is 0.161 e. The summed E-state index contributed by atoms with van der Waals surface area (Å²) in [6, 6.07) is 13.5. The first kappa shape index (κ1) is 18.2. The fraction of sp³-hybridized carbons (Fsp3) is 0.286. The molecule has 0 atom stereocenters. The maximum Gasteiger partial charge on any atom is 0.161 e. The van der Waals surface area contributed by atoms with E-state index in [0.29, 0.717) is 17.5 Å². The van der Waals surface area contributed by atoms with Gasteiger partial charge in [-0.3, -0.25) is 4.79 Å². The summed E-state index contributed by atoms with van der Waals surface area (Å²) in [7, 11) is 0. The summed E-state index contributed by atoms with van der Waals surface area (Å²) in [5, 5.41) is 18.1. The zero-order chi connectivity index (χ0) is 18.6. The molecule has 1 heterocycles. The Balaban J connectivity index is 2.50. The number of rotatable bonds is 5. The molecule has 4 nitrogen and oxygen atoms in total. The molecule has 0 aliphatic heterocycles. The van der Waals surface area contributed by atoms with E-state index in [1.54, 1.807) is 19.1 Å². The van der Waals surface area contributed by atoms with Gasteiger partial charge in [0, 0.05) is 22.6 Å². The van der Waals surface area contributed by atoms with Crippen molar-refractivity contribution < 1.29 is 4.79 Å². The van der Waals surface area contributed by atoms with Crippen LogP contribution in [0.2, 0.25) is 0 Å². The second-order valence-corrected chi connectivity index (χ2v) is 6.72. The van der Waals surface area contributed by atoms with Crippen LogP contribution in [0.25, 0.3) is 11.8 Å². The highest BCUT2D eigenvalue weighted by Gasteiger charge is 2.16. The van der Waals surface area contributed by atoms with Gasteiger partial charge < -0.3 is 4.57 Å². The van der Waals surface area contributed by atoms with Crippen molar-refractivity contribution in [2.75, 3.05) is 0 Å². The highest BCUT2D eigenvalue weighted by Crippen LogP contribution is 2.25. The molecule has 2 aromatic rings. The molecule has 0 amide bonds. The summed E-state index contributed by atoms with van der Waals surface area (Å²) in [6.45, 7) is 7.25. The van der Waals surface area contributed by atoms with E-state index in [1.807, 2.05) is 55.7 Å². The molecule has 2 rings (SSSR count). The number of allylic oxidation sites excluding steroid dienone is 1. The quantitative estimate of drug-likeness (QED) is 0.738. The fourth-order valence-corrected chi connectivity index (χ4v) is 2.66. The first-order chi connectivity index (χ1) is 11.8. The number of aromatic nitrogens is 1. The van der Waals surface area contributed by atoms with Gasteiger partial charge in [-0.2, -0.15) is 10.5 Å². The Kier molecular flexibility index (Phi) is 5.25. The lowest BCUT2D eigenvalue weighted by atomic mass is 9.91. The van der Waals surface area contributed by atoms with Crippen molar-refractivity contribution in [3.8, 4) is 17.8 Å². The van der Waals surface area contributed by atoms with Gasteiger partial charge in [0.05, 0.1) is 23.1 Å². The molecule has 0 spiro atoms. The Morgan fingerprint density at radius 3 is 2.40 bits per heavy atom. The monoisotopic (exact) mass is 331 g/mol. The van der Waals surface area contributed by atoms with Crippen LogP contribution in [0.1, 0.15) is 54.5 Å². The van der Waals surface area contributed by atoms with Crippen LogP contribution in [-0.2, 0) is 0 Å². The van der Waals surface area contributed by atoms with E-state index in [4.69, 9.17) is 10.5 Å². The summed E-state index contributed by atoms with van der Waals surface area (Å²) in [5.74, 6) is 0.0110. The zero-order valence-electron chi connectivity index (χ0n) is 15.0. The summed E-state index contributed by atoms with van der Waals surface area (Å²) < 4.78 is 1.99. The Hall–Kier alpha value is -3.11. The number of carbonyl (C=O) groups is 1. The maximum atomic E-state index is 11.9. The van der Waals surface area contributed by atoms with Crippen molar-refractivity contribution in [1.29, 1.82) is 10.5 Å². The molecular weight excluding hydrogens is 310 g/mol. The van der Waals surface area contributed by atoms with E-state index < -0.39 is 5.41 Å². The van der Waals surface area contributed by atoms with Gasteiger partial charge in [0.2, 0.25) is 0 Å². The highest BCUT2D eigenvalue weighted by atomic mass is 16.1. The second kappa shape index (κ2) is 7.20. The van der Waals surface area contributed by atoms with Crippen LogP contribution in [-0.4, -0.2) is 10.4 Å². The molecule has 1 aromatic heterocycles. The lowest BCUT2D eigenvalue weighted by Crippen LogP contribution is -2.05. The standard InChI is InChI=1S/C21H21N3O/c1-15-20(16(2)25)12-19(6-5-11-21(3,4)14-23)24(15)18-9-7-17(13-22)8-10-18/h5-10,12H,11H2,1-4H3. The summed E-state index contributed by atoms with van der Waals surface area (Å²) in [6.07, 6.45) is 4.52. The second-order valence-electron chi connectivity index (χ2n) is 6.72. The molecule has 0 unspecified atom stereocenters. The minimum Gasteiger partial charge on any atom is -0.314 e. The van der Waals surface area contributed by atoms with Crippen LogP contribution in [0.3, 0.4) is 0 Å². The normalized spacial score (nSPS) is 11.3. The van der Waals surface area contributed by atoms with E-state index in [-0.39, 0.29) is 5.78 Å². The number of nitriles is 2. The molecule has 0 bridgehead atoms. The van der Waals surface area contributed by atoms with Crippen molar-refractivity contribution in [2.45, 2.75) is 34.1 Å². The third-order valence-corrected chi connectivity index (χ3v) is 4.13. The van der Waals surface area contributed by atoms with Crippen LogP contribution >= 0.6 is 0 Å². The molecule has 1 aromatic carbocycles. The molecule has 0 fully saturated rings. The molecule has 0 aliphatic rings. The van der Waals surface area contributed by atoms with E-state index in [0.717, 1.165) is 17.1 Å². The van der Waals surface area contributed by atoms with Gasteiger partial charge in [0.25, 0.3) is 0 Å². The largest absolute Gasteiger partial charge is 0.314 e. The summed E-state index contributed by atoms with van der Waals surface area (Å²) in [5.41, 5.74) is 3.46. The van der Waals surface area contributed by atoms with Gasteiger partial charge in [-0.15, -0.1) is 0 Å². The fourth-order valence-electron chi connectivity index (χ4n) is 2.66. The third kappa shape index (κ3) is 4.05. The maximum absolute atomic E-state index is 11.9. The average Bonchev–Trinajstić information content (AvgIpc) is 2.91. The van der Waals surface area contributed by atoms with Crippen molar-refractivity contribution >= 4 is 11.9 Å². The summed E-state index contributed by atoms with van der Waals surface area (Å²) in [4.78, 5) is 11.9. The number of hydrogen-bond acceptors (Lipinski definition) is 3. The van der Waals surface area contributed by atoms with Crippen LogP contribution in [0, 0.1) is 35.0 Å². The van der Waals surface area contributed by atoms with Crippen molar-refractivity contribution in [2.24, 2.45) is 5.41 Å². The van der Waals surface area contributed by atoms with Crippen LogP contribution < -0.4 is 0 Å². The van der Waals surface area contributed by atoms with Crippen LogP contribution in [0.4, 0.5) is 0 Å². The SMILES string of the molecule is CC(=O)c1cc(C=CCC(C)(C)C#N)n(-c2ccc(C#N)cc2)c1C. The van der Waals surface area contributed by atoms with Crippen molar-refractivity contribution in [3.63, 3.8) is 0 Å². The predicted octanol–water partition coefficient (Wildman–Crippen LogP) is 4.81. The van der Waals surface area contributed by atoms with Gasteiger partial charge in [-0.05, 0) is 70.5 Å². The highest BCUT2D eigenvalue weighted by molar-refractivity contribution is 5.96. The van der Waals surface area contributed by atoms with E-state index in [1.165, 1.54) is 0 Å². The predicted molar refractivity (Wildman–Crippen MR) is 98.3 cm³/mol. The Labute approximate surface area is 148 Å². The van der Waals surface area contributed by atoms with Gasteiger partial charge >= 0.3 is 0 Å². The molecule has 0 radical (unpaired) electrons. The zero-order valence-corrected chi connectivity index (χ0v) is 15.0. The molecule has 126 valence electrons. The minimum atomic E-state index is -0.430. The van der Waals surface area contributed by atoms with Crippen LogP contribution in [0.15, 0.2) is 36.4 Å². The number of nitrogens with zero attached hydrogens (tertiary/aromatic N) is 3. The number of carbonyl (C=O) groups excluding carboxylic acids is 1. The van der Waals surface area contributed by atoms with Gasteiger partial charge in [0.15, 0.2) is 5.78 Å².